The molecule has 8 heteroatoms. The van der Waals surface area contributed by atoms with Gasteiger partial charge in [0.15, 0.2) is 5.69 Å². The van der Waals surface area contributed by atoms with Crippen molar-refractivity contribution >= 4 is 24.7 Å². The zero-order valence-electron chi connectivity index (χ0n) is 22.3. The van der Waals surface area contributed by atoms with Crippen LogP contribution in [0, 0.1) is 0 Å². The van der Waals surface area contributed by atoms with E-state index in [9.17, 15) is 18.0 Å². The molecule has 0 amide bonds. The molecule has 4 aromatic rings. The van der Waals surface area contributed by atoms with Crippen LogP contribution in [0.3, 0.4) is 0 Å². The Hall–Kier alpha value is -3.75. The standard InChI is InChI=1S/C31H30F3NO3Si/c1-30(2,3)39(25-12-7-5-8-13-25,26-14-9-6-10-15-26)38-21-22-18-23(20-24(19-22)29(36)37-4)27-16-11-17-35-28(27)31(32,33)34/h5-20H,21H2,1-4H3. The summed E-state index contributed by atoms with van der Waals surface area (Å²) >= 11 is 0. The number of rotatable bonds is 7. The summed E-state index contributed by atoms with van der Waals surface area (Å²) in [6, 6.07) is 27.5. The number of carbonyl (C=O) groups is 1. The van der Waals surface area contributed by atoms with Gasteiger partial charge in [-0.15, -0.1) is 0 Å². The number of nitrogens with zero attached hydrogens (tertiary/aromatic N) is 1. The Labute approximate surface area is 227 Å². The molecule has 4 rings (SSSR count). The highest BCUT2D eigenvalue weighted by Gasteiger charge is 2.50. The largest absolute Gasteiger partial charge is 0.465 e. The number of methoxy groups -OCH3 is 1. The number of ether oxygens (including phenoxy) is 1. The molecule has 0 radical (unpaired) electrons. The minimum absolute atomic E-state index is 0.0761. The van der Waals surface area contributed by atoms with Crippen LogP contribution in [0.15, 0.2) is 97.2 Å². The van der Waals surface area contributed by atoms with E-state index in [0.717, 1.165) is 16.6 Å². The first kappa shape index (κ1) is 28.3. The van der Waals surface area contributed by atoms with Crippen molar-refractivity contribution in [1.29, 1.82) is 0 Å². The number of hydrogen-bond acceptors (Lipinski definition) is 4. The molecule has 39 heavy (non-hydrogen) atoms. The molecular weight excluding hydrogens is 519 g/mol. The van der Waals surface area contributed by atoms with Crippen molar-refractivity contribution in [2.45, 2.75) is 38.6 Å². The highest BCUT2D eigenvalue weighted by molar-refractivity contribution is 6.99. The van der Waals surface area contributed by atoms with Gasteiger partial charge >= 0.3 is 12.1 Å². The molecule has 0 atom stereocenters. The van der Waals surface area contributed by atoms with Gasteiger partial charge in [0.1, 0.15) is 0 Å². The predicted octanol–water partition coefficient (Wildman–Crippen LogP) is 6.63. The molecule has 4 nitrogen and oxygen atoms in total. The third-order valence-corrected chi connectivity index (χ3v) is 11.7. The number of carbonyl (C=O) groups excluding carboxylic acids is 1. The molecule has 202 valence electrons. The summed E-state index contributed by atoms with van der Waals surface area (Å²) in [6.45, 7) is 6.50. The van der Waals surface area contributed by atoms with E-state index in [1.807, 2.05) is 36.4 Å². The lowest BCUT2D eigenvalue weighted by atomic mass is 9.98. The molecule has 0 aliphatic rings. The summed E-state index contributed by atoms with van der Waals surface area (Å²) in [6.07, 6.45) is -3.56. The maximum absolute atomic E-state index is 13.8. The zero-order valence-corrected chi connectivity index (χ0v) is 23.3. The molecule has 0 spiro atoms. The zero-order chi connectivity index (χ0) is 28.3. The summed E-state index contributed by atoms with van der Waals surface area (Å²) in [5.74, 6) is -0.652. The average molecular weight is 550 g/mol. The molecule has 0 bridgehead atoms. The van der Waals surface area contributed by atoms with E-state index in [2.05, 4.69) is 50.0 Å². The number of alkyl halides is 3. The van der Waals surface area contributed by atoms with E-state index < -0.39 is 26.2 Å². The monoisotopic (exact) mass is 549 g/mol. The molecule has 0 aliphatic heterocycles. The number of esters is 1. The van der Waals surface area contributed by atoms with Crippen LogP contribution in [0.25, 0.3) is 11.1 Å². The third-order valence-electron chi connectivity index (χ3n) is 6.67. The van der Waals surface area contributed by atoms with Crippen LogP contribution in [-0.4, -0.2) is 26.4 Å². The fourth-order valence-electron chi connectivity index (χ4n) is 4.98. The van der Waals surface area contributed by atoms with Crippen LogP contribution < -0.4 is 10.4 Å². The van der Waals surface area contributed by atoms with Crippen molar-refractivity contribution in [3.63, 3.8) is 0 Å². The molecular formula is C31H30F3NO3Si. The fraction of sp³-hybridized carbons (Fsp3) is 0.226. The fourth-order valence-corrected chi connectivity index (χ4v) is 9.52. The number of aromatic nitrogens is 1. The summed E-state index contributed by atoms with van der Waals surface area (Å²) in [4.78, 5) is 16.1. The van der Waals surface area contributed by atoms with Gasteiger partial charge in [0, 0.05) is 11.8 Å². The van der Waals surface area contributed by atoms with Crippen LogP contribution in [0.4, 0.5) is 13.2 Å². The lowest BCUT2D eigenvalue weighted by Crippen LogP contribution is -2.66. The van der Waals surface area contributed by atoms with Gasteiger partial charge in [-0.1, -0.05) is 87.5 Å². The predicted molar refractivity (Wildman–Crippen MR) is 148 cm³/mol. The molecule has 0 N–H and O–H groups in total. The summed E-state index contributed by atoms with van der Waals surface area (Å²) in [7, 11) is -1.70. The second-order valence-electron chi connectivity index (χ2n) is 10.3. The van der Waals surface area contributed by atoms with E-state index >= 15 is 0 Å². The van der Waals surface area contributed by atoms with Gasteiger partial charge < -0.3 is 9.16 Å². The van der Waals surface area contributed by atoms with Gasteiger partial charge in [-0.05, 0) is 50.8 Å². The van der Waals surface area contributed by atoms with Gasteiger partial charge in [-0.3, -0.25) is 4.98 Å². The summed E-state index contributed by atoms with van der Waals surface area (Å²) in [5, 5.41) is 1.84. The van der Waals surface area contributed by atoms with Gasteiger partial charge in [0.2, 0.25) is 0 Å². The molecule has 0 fully saturated rings. The van der Waals surface area contributed by atoms with Gasteiger partial charge in [0.25, 0.3) is 8.32 Å². The highest BCUT2D eigenvalue weighted by Crippen LogP contribution is 2.39. The number of benzene rings is 3. The van der Waals surface area contributed by atoms with Gasteiger partial charge in [0.05, 0.1) is 19.3 Å². The third kappa shape index (κ3) is 5.82. The first-order chi connectivity index (χ1) is 18.5. The molecule has 3 aromatic carbocycles. The Morgan fingerprint density at radius 1 is 0.846 bits per heavy atom. The van der Waals surface area contributed by atoms with Crippen LogP contribution >= 0.6 is 0 Å². The topological polar surface area (TPSA) is 48.4 Å². The second-order valence-corrected chi connectivity index (χ2v) is 14.6. The number of pyridine rings is 1. The van der Waals surface area contributed by atoms with Crippen molar-refractivity contribution < 1.29 is 27.1 Å². The van der Waals surface area contributed by atoms with Gasteiger partial charge in [-0.25, -0.2) is 4.79 Å². The minimum Gasteiger partial charge on any atom is -0.465 e. The molecule has 0 saturated heterocycles. The van der Waals surface area contributed by atoms with Crippen LogP contribution in [0.5, 0.6) is 0 Å². The molecule has 0 unspecified atom stereocenters. The van der Waals surface area contributed by atoms with Gasteiger partial charge in [-0.2, -0.15) is 13.2 Å². The van der Waals surface area contributed by atoms with E-state index in [-0.39, 0.29) is 28.3 Å². The van der Waals surface area contributed by atoms with E-state index in [1.54, 1.807) is 12.1 Å². The van der Waals surface area contributed by atoms with E-state index in [4.69, 9.17) is 9.16 Å². The Balaban J connectivity index is 1.86. The molecule has 0 aliphatic carbocycles. The second kappa shape index (κ2) is 11.2. The van der Waals surface area contributed by atoms with Crippen LogP contribution in [-0.2, 0) is 21.9 Å². The quantitative estimate of drug-likeness (QED) is 0.192. The maximum atomic E-state index is 13.8. The van der Waals surface area contributed by atoms with Crippen molar-refractivity contribution in [1.82, 2.24) is 4.98 Å². The van der Waals surface area contributed by atoms with Crippen molar-refractivity contribution in [3.05, 3.63) is 114 Å². The SMILES string of the molecule is COC(=O)c1cc(CO[Si](c2ccccc2)(c2ccccc2)C(C)(C)C)cc(-c2cccnc2C(F)(F)F)c1. The maximum Gasteiger partial charge on any atom is 0.433 e. The Morgan fingerprint density at radius 2 is 1.44 bits per heavy atom. The Kier molecular flexibility index (Phi) is 8.09. The van der Waals surface area contributed by atoms with E-state index in [0.29, 0.717) is 5.56 Å². The minimum atomic E-state index is -4.66. The lowest BCUT2D eigenvalue weighted by Gasteiger charge is -2.43. The van der Waals surface area contributed by atoms with Crippen LogP contribution in [0.1, 0.15) is 42.4 Å². The van der Waals surface area contributed by atoms with Crippen molar-refractivity contribution in [3.8, 4) is 11.1 Å². The summed E-state index contributed by atoms with van der Waals surface area (Å²) in [5.41, 5.74) is -0.251. The Morgan fingerprint density at radius 3 is 1.95 bits per heavy atom. The van der Waals surface area contributed by atoms with Crippen molar-refractivity contribution in [2.75, 3.05) is 7.11 Å². The molecule has 1 heterocycles. The summed E-state index contributed by atoms with van der Waals surface area (Å²) < 4.78 is 53.3. The lowest BCUT2D eigenvalue weighted by molar-refractivity contribution is -0.140. The van der Waals surface area contributed by atoms with E-state index in [1.165, 1.54) is 25.3 Å². The first-order valence-electron chi connectivity index (χ1n) is 12.5. The number of hydrogen-bond donors (Lipinski definition) is 0. The normalized spacial score (nSPS) is 12.3. The molecule has 1 aromatic heterocycles. The van der Waals surface area contributed by atoms with Crippen LogP contribution in [0.2, 0.25) is 5.04 Å². The Bertz CT molecular complexity index is 1400. The first-order valence-corrected chi connectivity index (χ1v) is 14.4. The highest BCUT2D eigenvalue weighted by atomic mass is 28.4. The van der Waals surface area contributed by atoms with Crippen molar-refractivity contribution in [2.24, 2.45) is 0 Å². The molecule has 0 saturated carbocycles. The smallest absolute Gasteiger partial charge is 0.433 e. The average Bonchev–Trinajstić information content (AvgIpc) is 2.93. The number of halogens is 3.